The lowest BCUT2D eigenvalue weighted by atomic mass is 9.72. The van der Waals surface area contributed by atoms with Gasteiger partial charge in [0.15, 0.2) is 0 Å². The van der Waals surface area contributed by atoms with E-state index in [4.69, 9.17) is 4.74 Å². The molecule has 0 aromatic heterocycles. The highest BCUT2D eigenvalue weighted by Crippen LogP contribution is 2.38. The van der Waals surface area contributed by atoms with E-state index in [1.165, 1.54) is 0 Å². The minimum absolute atomic E-state index is 0.278. The largest absolute Gasteiger partial charge is 0.466 e. The van der Waals surface area contributed by atoms with Crippen molar-refractivity contribution in [2.75, 3.05) is 6.61 Å². The Morgan fingerprint density at radius 3 is 2.58 bits per heavy atom. The maximum Gasteiger partial charge on any atom is 0.311 e. The zero-order chi connectivity index (χ0) is 9.19. The predicted molar refractivity (Wildman–Crippen MR) is 44.6 cm³/mol. The number of aliphatic hydroxyl groups is 1. The summed E-state index contributed by atoms with van der Waals surface area (Å²) < 4.78 is 4.83. The maximum absolute atomic E-state index is 11.2. The molecular formula is C9H16O3. The normalized spacial score (nSPS) is 22.6. The first-order valence-corrected chi connectivity index (χ1v) is 4.49. The van der Waals surface area contributed by atoms with Crippen LogP contribution in [0.5, 0.6) is 0 Å². The molecule has 0 unspecified atom stereocenters. The summed E-state index contributed by atoms with van der Waals surface area (Å²) in [4.78, 5) is 11.2. The molecule has 0 heterocycles. The molecule has 3 nitrogen and oxygen atoms in total. The van der Waals surface area contributed by atoms with Crippen LogP contribution in [-0.2, 0) is 9.53 Å². The van der Waals surface area contributed by atoms with Crippen LogP contribution in [0, 0.1) is 5.92 Å². The lowest BCUT2D eigenvalue weighted by molar-refractivity contribution is -0.164. The predicted octanol–water partition coefficient (Wildman–Crippen LogP) is 1.10. The molecule has 0 bridgehead atoms. The third kappa shape index (κ3) is 1.61. The summed E-state index contributed by atoms with van der Waals surface area (Å²) >= 11 is 0. The number of esters is 1. The van der Waals surface area contributed by atoms with Crippen LogP contribution >= 0.6 is 0 Å². The summed E-state index contributed by atoms with van der Waals surface area (Å²) in [6.07, 6.45) is 2.47. The Kier molecular flexibility index (Phi) is 2.73. The summed E-state index contributed by atoms with van der Waals surface area (Å²) in [5.41, 5.74) is -0.772. The molecule has 0 amide bonds. The van der Waals surface area contributed by atoms with Crippen LogP contribution in [0.1, 0.15) is 33.1 Å². The fraction of sp³-hybridized carbons (Fsp3) is 0.889. The smallest absolute Gasteiger partial charge is 0.311 e. The standard InChI is InChI=1S/C9H16O3/c1-3-12-8(10)7(2)9(11)5-4-6-9/h7,11H,3-6H2,1-2H3/t7-/m1/s1. The van der Waals surface area contributed by atoms with Crippen molar-refractivity contribution in [2.24, 2.45) is 5.92 Å². The van der Waals surface area contributed by atoms with Gasteiger partial charge in [-0.3, -0.25) is 4.79 Å². The highest BCUT2D eigenvalue weighted by molar-refractivity contribution is 5.73. The first-order valence-electron chi connectivity index (χ1n) is 4.49. The van der Waals surface area contributed by atoms with E-state index in [-0.39, 0.29) is 11.9 Å². The lowest BCUT2D eigenvalue weighted by Crippen LogP contribution is -2.47. The minimum atomic E-state index is -0.772. The van der Waals surface area contributed by atoms with E-state index in [0.29, 0.717) is 6.61 Å². The lowest BCUT2D eigenvalue weighted by Gasteiger charge is -2.40. The Bertz CT molecular complexity index is 173. The van der Waals surface area contributed by atoms with Crippen LogP contribution in [0.25, 0.3) is 0 Å². The van der Waals surface area contributed by atoms with Crippen molar-refractivity contribution in [3.8, 4) is 0 Å². The van der Waals surface area contributed by atoms with Gasteiger partial charge in [-0.1, -0.05) is 0 Å². The molecule has 1 rings (SSSR count). The SMILES string of the molecule is CCOC(=O)[C@@H](C)C1(O)CCC1. The van der Waals surface area contributed by atoms with Crippen molar-refractivity contribution in [3.05, 3.63) is 0 Å². The monoisotopic (exact) mass is 172 g/mol. The van der Waals surface area contributed by atoms with E-state index in [9.17, 15) is 9.90 Å². The summed E-state index contributed by atoms with van der Waals surface area (Å²) in [7, 11) is 0. The highest BCUT2D eigenvalue weighted by Gasteiger charge is 2.43. The molecule has 0 radical (unpaired) electrons. The molecule has 1 aliphatic carbocycles. The quantitative estimate of drug-likeness (QED) is 0.648. The van der Waals surface area contributed by atoms with Crippen molar-refractivity contribution in [2.45, 2.75) is 38.7 Å². The molecule has 70 valence electrons. The second kappa shape index (κ2) is 3.44. The summed E-state index contributed by atoms with van der Waals surface area (Å²) in [6, 6.07) is 0. The van der Waals surface area contributed by atoms with Crippen molar-refractivity contribution in [1.82, 2.24) is 0 Å². The van der Waals surface area contributed by atoms with Crippen LogP contribution in [0.15, 0.2) is 0 Å². The second-order valence-electron chi connectivity index (χ2n) is 3.43. The first kappa shape index (κ1) is 9.52. The minimum Gasteiger partial charge on any atom is -0.466 e. The first-order chi connectivity index (χ1) is 5.60. The van der Waals surface area contributed by atoms with Crippen molar-refractivity contribution < 1.29 is 14.6 Å². The van der Waals surface area contributed by atoms with Crippen LogP contribution in [-0.4, -0.2) is 23.3 Å². The number of carbonyl (C=O) groups is 1. The van der Waals surface area contributed by atoms with Crippen LogP contribution in [0.4, 0.5) is 0 Å². The number of ether oxygens (including phenoxy) is 1. The molecule has 12 heavy (non-hydrogen) atoms. The molecule has 1 atom stereocenters. The third-order valence-corrected chi connectivity index (χ3v) is 2.67. The van der Waals surface area contributed by atoms with Crippen LogP contribution in [0.2, 0.25) is 0 Å². The molecule has 0 aromatic carbocycles. The van der Waals surface area contributed by atoms with Gasteiger partial charge in [0.05, 0.1) is 18.1 Å². The molecule has 1 saturated carbocycles. The van der Waals surface area contributed by atoms with Crippen LogP contribution in [0.3, 0.4) is 0 Å². The molecule has 0 aliphatic heterocycles. The van der Waals surface area contributed by atoms with E-state index in [1.54, 1.807) is 13.8 Å². The second-order valence-corrected chi connectivity index (χ2v) is 3.43. The van der Waals surface area contributed by atoms with E-state index >= 15 is 0 Å². The van der Waals surface area contributed by atoms with E-state index in [2.05, 4.69) is 0 Å². The van der Waals surface area contributed by atoms with Crippen LogP contribution < -0.4 is 0 Å². The zero-order valence-electron chi connectivity index (χ0n) is 7.67. The zero-order valence-corrected chi connectivity index (χ0v) is 7.67. The Morgan fingerprint density at radius 1 is 1.67 bits per heavy atom. The average molecular weight is 172 g/mol. The molecule has 1 N–H and O–H groups in total. The number of carbonyl (C=O) groups excluding carboxylic acids is 1. The maximum atomic E-state index is 11.2. The van der Waals surface area contributed by atoms with E-state index in [1.807, 2.05) is 0 Å². The van der Waals surface area contributed by atoms with Gasteiger partial charge in [-0.05, 0) is 33.1 Å². The molecular weight excluding hydrogens is 156 g/mol. The fourth-order valence-corrected chi connectivity index (χ4v) is 1.46. The summed E-state index contributed by atoms with van der Waals surface area (Å²) in [6.45, 7) is 3.89. The van der Waals surface area contributed by atoms with E-state index in [0.717, 1.165) is 19.3 Å². The van der Waals surface area contributed by atoms with Crippen molar-refractivity contribution in [1.29, 1.82) is 0 Å². The van der Waals surface area contributed by atoms with Gasteiger partial charge in [-0.25, -0.2) is 0 Å². The third-order valence-electron chi connectivity index (χ3n) is 2.67. The Morgan fingerprint density at radius 2 is 2.25 bits per heavy atom. The van der Waals surface area contributed by atoms with Gasteiger partial charge in [0, 0.05) is 0 Å². The fourth-order valence-electron chi connectivity index (χ4n) is 1.46. The average Bonchev–Trinajstić information content (AvgIpc) is 1.99. The van der Waals surface area contributed by atoms with Gasteiger partial charge in [0.2, 0.25) is 0 Å². The number of hydrogen-bond acceptors (Lipinski definition) is 3. The summed E-state index contributed by atoms with van der Waals surface area (Å²) in [5, 5.41) is 9.77. The van der Waals surface area contributed by atoms with Crippen molar-refractivity contribution in [3.63, 3.8) is 0 Å². The van der Waals surface area contributed by atoms with Gasteiger partial charge in [0.1, 0.15) is 0 Å². The molecule has 1 fully saturated rings. The van der Waals surface area contributed by atoms with Gasteiger partial charge >= 0.3 is 5.97 Å². The molecule has 0 saturated heterocycles. The Hall–Kier alpha value is -0.570. The molecule has 1 aliphatic rings. The molecule has 0 aromatic rings. The topological polar surface area (TPSA) is 46.5 Å². The Labute approximate surface area is 72.7 Å². The molecule has 3 heteroatoms. The number of rotatable bonds is 3. The van der Waals surface area contributed by atoms with Crippen molar-refractivity contribution >= 4 is 5.97 Å². The molecule has 0 spiro atoms. The highest BCUT2D eigenvalue weighted by atomic mass is 16.5. The number of hydrogen-bond donors (Lipinski definition) is 1. The van der Waals surface area contributed by atoms with Gasteiger partial charge in [0.25, 0.3) is 0 Å². The van der Waals surface area contributed by atoms with Gasteiger partial charge in [-0.2, -0.15) is 0 Å². The Balaban J connectivity index is 2.45. The summed E-state index contributed by atoms with van der Waals surface area (Å²) in [5.74, 6) is -0.647. The van der Waals surface area contributed by atoms with Gasteiger partial charge in [-0.15, -0.1) is 0 Å². The van der Waals surface area contributed by atoms with Gasteiger partial charge < -0.3 is 9.84 Å². The van der Waals surface area contributed by atoms with E-state index < -0.39 is 5.60 Å².